The van der Waals surface area contributed by atoms with E-state index in [9.17, 15) is 4.79 Å². The van der Waals surface area contributed by atoms with Crippen molar-refractivity contribution >= 4 is 45.7 Å². The Hall–Kier alpha value is -2.64. The predicted molar refractivity (Wildman–Crippen MR) is 94.8 cm³/mol. The molecular weight excluding hydrogens is 334 g/mol. The van der Waals surface area contributed by atoms with Gasteiger partial charge in [-0.2, -0.15) is 0 Å². The topological polar surface area (TPSA) is 86.5 Å². The van der Waals surface area contributed by atoms with Crippen LogP contribution in [-0.4, -0.2) is 19.9 Å². The highest BCUT2D eigenvalue weighted by molar-refractivity contribution is 7.14. The Balaban J connectivity index is 0.00000156. The standard InChI is InChI=1S/C15H11N5OS.ClH/c21-14-17-10-5-4-9(7-11(10)18-14)12-8-22-15(19-12)20-13-3-1-2-6-16-13;/h1-8H,(H,16,19,20)(H2,17,18,21);1H. The Bertz CT molecular complexity index is 992. The third-order valence-corrected chi connectivity index (χ3v) is 3.97. The Labute approximate surface area is 141 Å². The summed E-state index contributed by atoms with van der Waals surface area (Å²) in [5.41, 5.74) is 3.16. The summed E-state index contributed by atoms with van der Waals surface area (Å²) in [5.74, 6) is 0.758. The minimum Gasteiger partial charge on any atom is -0.316 e. The summed E-state index contributed by atoms with van der Waals surface area (Å²) in [6, 6.07) is 11.4. The zero-order valence-electron chi connectivity index (χ0n) is 11.7. The Kier molecular flexibility index (Phi) is 4.14. The van der Waals surface area contributed by atoms with Crippen LogP contribution in [0.5, 0.6) is 0 Å². The molecule has 0 saturated heterocycles. The first-order valence-electron chi connectivity index (χ1n) is 6.64. The van der Waals surface area contributed by atoms with E-state index >= 15 is 0 Å². The van der Waals surface area contributed by atoms with Crippen LogP contribution in [0.3, 0.4) is 0 Å². The number of thiazole rings is 1. The number of H-pyrrole nitrogens is 2. The quantitative estimate of drug-likeness (QED) is 0.530. The predicted octanol–water partition coefficient (Wildman–Crippen LogP) is 3.54. The van der Waals surface area contributed by atoms with Gasteiger partial charge in [0.1, 0.15) is 5.82 Å². The van der Waals surface area contributed by atoms with Crippen molar-refractivity contribution in [1.29, 1.82) is 0 Å². The molecule has 0 radical (unpaired) electrons. The number of nitrogens with one attached hydrogen (secondary N) is 3. The molecule has 4 aromatic rings. The Morgan fingerprint density at radius 3 is 2.78 bits per heavy atom. The highest BCUT2D eigenvalue weighted by atomic mass is 35.5. The molecule has 0 aliphatic rings. The molecule has 0 aliphatic carbocycles. The number of hydrogen-bond donors (Lipinski definition) is 3. The lowest BCUT2D eigenvalue weighted by molar-refractivity contribution is 1.21. The lowest BCUT2D eigenvalue weighted by atomic mass is 10.1. The van der Waals surface area contributed by atoms with Crippen LogP contribution in [0.15, 0.2) is 52.8 Å². The molecule has 0 aliphatic heterocycles. The summed E-state index contributed by atoms with van der Waals surface area (Å²) < 4.78 is 0. The van der Waals surface area contributed by atoms with Crippen LogP contribution in [0.2, 0.25) is 0 Å². The van der Waals surface area contributed by atoms with Crippen LogP contribution in [0.25, 0.3) is 22.3 Å². The highest BCUT2D eigenvalue weighted by Crippen LogP contribution is 2.27. The summed E-state index contributed by atoms with van der Waals surface area (Å²) in [4.78, 5) is 25.5. The molecule has 3 heterocycles. The van der Waals surface area contributed by atoms with E-state index in [1.165, 1.54) is 11.3 Å². The summed E-state index contributed by atoms with van der Waals surface area (Å²) in [7, 11) is 0. The molecule has 116 valence electrons. The maximum atomic E-state index is 11.3. The first kappa shape index (κ1) is 15.3. The fourth-order valence-electron chi connectivity index (χ4n) is 2.20. The smallest absolute Gasteiger partial charge is 0.316 e. The largest absolute Gasteiger partial charge is 0.323 e. The fraction of sp³-hybridized carbons (Fsp3) is 0. The van der Waals surface area contributed by atoms with Gasteiger partial charge >= 0.3 is 5.69 Å². The molecule has 0 spiro atoms. The van der Waals surface area contributed by atoms with Crippen molar-refractivity contribution < 1.29 is 0 Å². The normalized spacial score (nSPS) is 10.4. The van der Waals surface area contributed by atoms with Gasteiger partial charge in [-0.05, 0) is 24.3 Å². The van der Waals surface area contributed by atoms with Gasteiger partial charge in [-0.1, -0.05) is 12.1 Å². The molecule has 0 saturated carbocycles. The molecule has 0 bridgehead atoms. The van der Waals surface area contributed by atoms with Crippen LogP contribution in [0, 0.1) is 0 Å². The molecule has 3 aromatic heterocycles. The highest BCUT2D eigenvalue weighted by Gasteiger charge is 2.07. The van der Waals surface area contributed by atoms with Crippen LogP contribution < -0.4 is 11.0 Å². The van der Waals surface area contributed by atoms with Gasteiger partial charge in [-0.3, -0.25) is 0 Å². The van der Waals surface area contributed by atoms with Crippen LogP contribution in [0.1, 0.15) is 0 Å². The number of aromatic nitrogens is 4. The van der Waals surface area contributed by atoms with Crippen LogP contribution >= 0.6 is 23.7 Å². The molecule has 1 aromatic carbocycles. The van der Waals surface area contributed by atoms with Gasteiger partial charge in [0.25, 0.3) is 0 Å². The van der Waals surface area contributed by atoms with Gasteiger partial charge in [0.2, 0.25) is 0 Å². The zero-order chi connectivity index (χ0) is 14.9. The van der Waals surface area contributed by atoms with E-state index in [2.05, 4.69) is 25.3 Å². The second-order valence-corrected chi connectivity index (χ2v) is 5.58. The number of benzene rings is 1. The van der Waals surface area contributed by atoms with Gasteiger partial charge in [-0.25, -0.2) is 14.8 Å². The van der Waals surface area contributed by atoms with E-state index in [1.54, 1.807) is 6.20 Å². The first-order chi connectivity index (χ1) is 10.8. The number of imidazole rings is 1. The number of nitrogens with zero attached hydrogens (tertiary/aromatic N) is 2. The van der Waals surface area contributed by atoms with E-state index in [0.29, 0.717) is 0 Å². The lowest BCUT2D eigenvalue weighted by Crippen LogP contribution is -1.99. The van der Waals surface area contributed by atoms with Gasteiger partial charge in [-0.15, -0.1) is 23.7 Å². The van der Waals surface area contributed by atoms with E-state index in [4.69, 9.17) is 0 Å². The third-order valence-electron chi connectivity index (χ3n) is 3.22. The van der Waals surface area contributed by atoms with Crippen molar-refractivity contribution in [2.24, 2.45) is 0 Å². The second kappa shape index (κ2) is 6.23. The van der Waals surface area contributed by atoms with Crippen molar-refractivity contribution in [3.8, 4) is 11.3 Å². The van der Waals surface area contributed by atoms with Crippen molar-refractivity contribution in [2.75, 3.05) is 5.32 Å². The summed E-state index contributed by atoms with van der Waals surface area (Å²) >= 11 is 1.51. The zero-order valence-corrected chi connectivity index (χ0v) is 13.4. The maximum Gasteiger partial charge on any atom is 0.323 e. The van der Waals surface area contributed by atoms with Gasteiger partial charge in [0, 0.05) is 17.1 Å². The number of fused-ring (bicyclic) bond motifs is 1. The van der Waals surface area contributed by atoms with Crippen molar-refractivity contribution in [2.45, 2.75) is 0 Å². The molecule has 0 amide bonds. The average Bonchev–Trinajstić information content (AvgIpc) is 3.13. The number of anilines is 2. The van der Waals surface area contributed by atoms with E-state index in [0.717, 1.165) is 33.2 Å². The monoisotopic (exact) mass is 345 g/mol. The van der Waals surface area contributed by atoms with Crippen LogP contribution in [0.4, 0.5) is 10.9 Å². The number of halogens is 1. The lowest BCUT2D eigenvalue weighted by Gasteiger charge is -2.00. The first-order valence-corrected chi connectivity index (χ1v) is 7.52. The van der Waals surface area contributed by atoms with Crippen molar-refractivity contribution in [3.63, 3.8) is 0 Å². The molecule has 6 nitrogen and oxygen atoms in total. The van der Waals surface area contributed by atoms with Crippen molar-refractivity contribution in [3.05, 3.63) is 58.5 Å². The third kappa shape index (κ3) is 3.10. The average molecular weight is 346 g/mol. The maximum absolute atomic E-state index is 11.3. The molecule has 3 N–H and O–H groups in total. The number of hydrogen-bond acceptors (Lipinski definition) is 5. The number of aromatic amines is 2. The summed E-state index contributed by atoms with van der Waals surface area (Å²) in [5, 5.41) is 5.91. The second-order valence-electron chi connectivity index (χ2n) is 4.72. The van der Waals surface area contributed by atoms with E-state index in [1.807, 2.05) is 41.8 Å². The van der Waals surface area contributed by atoms with Gasteiger partial charge in [0.05, 0.1) is 16.7 Å². The Morgan fingerprint density at radius 2 is 1.96 bits per heavy atom. The molecule has 8 heteroatoms. The molecule has 0 unspecified atom stereocenters. The molecule has 0 fully saturated rings. The summed E-state index contributed by atoms with van der Waals surface area (Å²) in [6.07, 6.45) is 1.73. The van der Waals surface area contributed by atoms with Crippen LogP contribution in [-0.2, 0) is 0 Å². The molecule has 4 rings (SSSR count). The molecular formula is C15H12ClN5OS. The van der Waals surface area contributed by atoms with Gasteiger partial charge < -0.3 is 15.3 Å². The minimum absolute atomic E-state index is 0. The van der Waals surface area contributed by atoms with Gasteiger partial charge in [0.15, 0.2) is 5.13 Å². The number of rotatable bonds is 3. The Morgan fingerprint density at radius 1 is 1.09 bits per heavy atom. The fourth-order valence-corrected chi connectivity index (χ4v) is 2.93. The molecule has 23 heavy (non-hydrogen) atoms. The minimum atomic E-state index is -0.206. The van der Waals surface area contributed by atoms with E-state index < -0.39 is 0 Å². The summed E-state index contributed by atoms with van der Waals surface area (Å²) in [6.45, 7) is 0. The SMILES string of the molecule is Cl.O=c1[nH]c2ccc(-c3csc(Nc4ccccn4)n3)cc2[nH]1. The number of pyridine rings is 1. The van der Waals surface area contributed by atoms with E-state index in [-0.39, 0.29) is 18.1 Å². The molecule has 0 atom stereocenters. The van der Waals surface area contributed by atoms with Crippen molar-refractivity contribution in [1.82, 2.24) is 19.9 Å².